The van der Waals surface area contributed by atoms with Gasteiger partial charge in [0, 0.05) is 18.7 Å². The summed E-state index contributed by atoms with van der Waals surface area (Å²) in [5.74, 6) is 0.838. The van der Waals surface area contributed by atoms with E-state index in [9.17, 15) is 5.11 Å². The van der Waals surface area contributed by atoms with Crippen molar-refractivity contribution in [2.45, 2.75) is 25.9 Å². The summed E-state index contributed by atoms with van der Waals surface area (Å²) in [5.41, 5.74) is 2.03. The quantitative estimate of drug-likeness (QED) is 0.736. The van der Waals surface area contributed by atoms with Gasteiger partial charge in [0.1, 0.15) is 18.5 Å². The molecule has 0 aromatic heterocycles. The van der Waals surface area contributed by atoms with Crippen molar-refractivity contribution in [1.29, 1.82) is 0 Å². The van der Waals surface area contributed by atoms with E-state index in [1.54, 1.807) is 0 Å². The normalized spacial score (nSPS) is 16.0. The molecular weight excluding hydrogens is 308 g/mol. The molecule has 3 N–H and O–H groups in total. The van der Waals surface area contributed by atoms with Gasteiger partial charge < -0.3 is 20.5 Å². The highest BCUT2D eigenvalue weighted by molar-refractivity contribution is 7.80. The Labute approximate surface area is 141 Å². The minimum Gasteiger partial charge on any atom is -0.490 e. The lowest BCUT2D eigenvalue weighted by atomic mass is 9.96. The Kier molecular flexibility index (Phi) is 4.98. The molecule has 0 fully saturated rings. The van der Waals surface area contributed by atoms with E-state index in [0.717, 1.165) is 53.6 Å². The van der Waals surface area contributed by atoms with Crippen LogP contribution in [0.2, 0.25) is 0 Å². The second-order valence-corrected chi connectivity index (χ2v) is 6.17. The molecule has 0 bridgehead atoms. The van der Waals surface area contributed by atoms with Gasteiger partial charge in [-0.1, -0.05) is 31.2 Å². The van der Waals surface area contributed by atoms with Crippen LogP contribution >= 0.6 is 12.2 Å². The van der Waals surface area contributed by atoms with Gasteiger partial charge >= 0.3 is 0 Å². The summed E-state index contributed by atoms with van der Waals surface area (Å²) >= 11 is 5.24. The van der Waals surface area contributed by atoms with Crippen molar-refractivity contribution >= 4 is 28.1 Å². The molecule has 2 aromatic rings. The molecular formula is C18H22N2O2S. The maximum atomic E-state index is 10.2. The van der Waals surface area contributed by atoms with Gasteiger partial charge in [-0.3, -0.25) is 0 Å². The number of hydrogen-bond acceptors (Lipinski definition) is 3. The van der Waals surface area contributed by atoms with E-state index in [-0.39, 0.29) is 0 Å². The van der Waals surface area contributed by atoms with Crippen LogP contribution in [0.25, 0.3) is 10.8 Å². The lowest BCUT2D eigenvalue weighted by Gasteiger charge is -2.13. The zero-order chi connectivity index (χ0) is 16.2. The van der Waals surface area contributed by atoms with Crippen LogP contribution in [0, 0.1) is 0 Å². The summed E-state index contributed by atoms with van der Waals surface area (Å²) < 4.78 is 5.75. The lowest BCUT2D eigenvalue weighted by Crippen LogP contribution is -2.36. The number of aliphatic hydroxyl groups excluding tert-OH is 1. The highest BCUT2D eigenvalue weighted by Crippen LogP contribution is 2.41. The summed E-state index contributed by atoms with van der Waals surface area (Å²) in [4.78, 5) is 0. The van der Waals surface area contributed by atoms with Crippen molar-refractivity contribution in [2.75, 3.05) is 19.7 Å². The summed E-state index contributed by atoms with van der Waals surface area (Å²) in [7, 11) is 0. The van der Waals surface area contributed by atoms with Crippen molar-refractivity contribution in [2.24, 2.45) is 0 Å². The molecule has 1 aliphatic heterocycles. The first-order valence-corrected chi connectivity index (χ1v) is 8.48. The SMILES string of the molecule is CCCNC(=S)NCCc1cc2ccccc2c2c1OCC2O. The van der Waals surface area contributed by atoms with Crippen molar-refractivity contribution in [3.63, 3.8) is 0 Å². The van der Waals surface area contributed by atoms with Gasteiger partial charge in [0.15, 0.2) is 5.11 Å². The highest BCUT2D eigenvalue weighted by atomic mass is 32.1. The molecule has 23 heavy (non-hydrogen) atoms. The fourth-order valence-corrected chi connectivity index (χ4v) is 3.17. The number of fused-ring (bicyclic) bond motifs is 3. The van der Waals surface area contributed by atoms with Crippen LogP contribution in [0.1, 0.15) is 30.6 Å². The minimum atomic E-state index is -0.546. The van der Waals surface area contributed by atoms with Gasteiger partial charge in [0.05, 0.1) is 0 Å². The van der Waals surface area contributed by atoms with Crippen molar-refractivity contribution in [1.82, 2.24) is 10.6 Å². The molecule has 0 radical (unpaired) electrons. The summed E-state index contributed by atoms with van der Waals surface area (Å²) in [6.45, 7) is 4.06. The first-order chi connectivity index (χ1) is 11.2. The molecule has 0 aliphatic carbocycles. The van der Waals surface area contributed by atoms with Gasteiger partial charge in [-0.15, -0.1) is 0 Å². The first-order valence-electron chi connectivity index (χ1n) is 8.07. The summed E-state index contributed by atoms with van der Waals surface area (Å²) in [6.07, 6.45) is 1.30. The molecule has 0 amide bonds. The third-order valence-electron chi connectivity index (χ3n) is 4.05. The monoisotopic (exact) mass is 330 g/mol. The average Bonchev–Trinajstić information content (AvgIpc) is 2.95. The molecule has 5 heteroatoms. The average molecular weight is 330 g/mol. The second-order valence-electron chi connectivity index (χ2n) is 5.76. The number of nitrogens with one attached hydrogen (secondary N) is 2. The standard InChI is InChI=1S/C18H22N2O2S/c1-2-8-19-18(23)20-9-7-13-10-12-5-3-4-6-14(12)16-15(21)11-22-17(13)16/h3-6,10,15,21H,2,7-9,11H2,1H3,(H2,19,20,23). The van der Waals surface area contributed by atoms with E-state index >= 15 is 0 Å². The summed E-state index contributed by atoms with van der Waals surface area (Å²) in [5, 5.41) is 19.5. The van der Waals surface area contributed by atoms with E-state index in [4.69, 9.17) is 17.0 Å². The third-order valence-corrected chi connectivity index (χ3v) is 4.34. The molecule has 1 heterocycles. The Morgan fingerprint density at radius 2 is 2.09 bits per heavy atom. The molecule has 0 saturated carbocycles. The topological polar surface area (TPSA) is 53.5 Å². The maximum absolute atomic E-state index is 10.2. The number of rotatable bonds is 5. The Hall–Kier alpha value is -1.85. The van der Waals surface area contributed by atoms with Gasteiger partial charge in [-0.2, -0.15) is 0 Å². The van der Waals surface area contributed by atoms with Crippen LogP contribution in [-0.4, -0.2) is 29.9 Å². The fourth-order valence-electron chi connectivity index (χ4n) is 2.96. The van der Waals surface area contributed by atoms with Crippen LogP contribution in [0.4, 0.5) is 0 Å². The molecule has 2 aromatic carbocycles. The van der Waals surface area contributed by atoms with Gasteiger partial charge in [0.25, 0.3) is 0 Å². The van der Waals surface area contributed by atoms with E-state index in [2.05, 4.69) is 29.7 Å². The molecule has 4 nitrogen and oxygen atoms in total. The van der Waals surface area contributed by atoms with E-state index in [0.29, 0.717) is 11.7 Å². The van der Waals surface area contributed by atoms with Crippen molar-refractivity contribution < 1.29 is 9.84 Å². The Balaban J connectivity index is 1.78. The number of hydrogen-bond donors (Lipinski definition) is 3. The van der Waals surface area contributed by atoms with Crippen LogP contribution in [0.5, 0.6) is 5.75 Å². The largest absolute Gasteiger partial charge is 0.490 e. The maximum Gasteiger partial charge on any atom is 0.166 e. The summed E-state index contributed by atoms with van der Waals surface area (Å²) in [6, 6.07) is 10.3. The number of ether oxygens (including phenoxy) is 1. The van der Waals surface area contributed by atoms with Crippen molar-refractivity contribution in [3.05, 3.63) is 41.5 Å². The number of thiocarbonyl (C=S) groups is 1. The highest BCUT2D eigenvalue weighted by Gasteiger charge is 2.27. The molecule has 3 rings (SSSR count). The van der Waals surface area contributed by atoms with Gasteiger partial charge in [-0.25, -0.2) is 0 Å². The smallest absolute Gasteiger partial charge is 0.166 e. The van der Waals surface area contributed by atoms with Crippen molar-refractivity contribution in [3.8, 4) is 5.75 Å². The second kappa shape index (κ2) is 7.15. The number of aliphatic hydroxyl groups is 1. The predicted molar refractivity (Wildman–Crippen MR) is 97.0 cm³/mol. The molecule has 0 saturated heterocycles. The zero-order valence-electron chi connectivity index (χ0n) is 13.3. The number of benzene rings is 2. The predicted octanol–water partition coefficient (Wildman–Crippen LogP) is 2.68. The van der Waals surface area contributed by atoms with Crippen LogP contribution in [0.15, 0.2) is 30.3 Å². The Bertz CT molecular complexity index is 717. The Morgan fingerprint density at radius 1 is 1.30 bits per heavy atom. The zero-order valence-corrected chi connectivity index (χ0v) is 14.1. The van der Waals surface area contributed by atoms with E-state index in [1.165, 1.54) is 0 Å². The molecule has 0 spiro atoms. The minimum absolute atomic E-state index is 0.334. The van der Waals surface area contributed by atoms with Crippen LogP contribution < -0.4 is 15.4 Å². The lowest BCUT2D eigenvalue weighted by molar-refractivity contribution is 0.141. The van der Waals surface area contributed by atoms with Crippen LogP contribution in [0.3, 0.4) is 0 Å². The van der Waals surface area contributed by atoms with Gasteiger partial charge in [-0.05, 0) is 47.5 Å². The first kappa shape index (κ1) is 16.0. The molecule has 1 aliphatic rings. The Morgan fingerprint density at radius 3 is 2.91 bits per heavy atom. The molecule has 1 atom stereocenters. The van der Waals surface area contributed by atoms with E-state index < -0.39 is 6.10 Å². The molecule has 122 valence electrons. The van der Waals surface area contributed by atoms with E-state index in [1.807, 2.05) is 18.2 Å². The third kappa shape index (κ3) is 3.41. The fraction of sp³-hybridized carbons (Fsp3) is 0.389. The van der Waals surface area contributed by atoms with Crippen LogP contribution in [-0.2, 0) is 6.42 Å². The van der Waals surface area contributed by atoms with Gasteiger partial charge in [0.2, 0.25) is 0 Å². The molecule has 1 unspecified atom stereocenters.